The molecule has 2 heterocycles. The number of allylic oxidation sites excluding steroid dienone is 2. The van der Waals surface area contributed by atoms with Gasteiger partial charge in [0.15, 0.2) is 5.96 Å². The van der Waals surface area contributed by atoms with E-state index >= 15 is 0 Å². The predicted molar refractivity (Wildman–Crippen MR) is 109 cm³/mol. The van der Waals surface area contributed by atoms with Crippen LogP contribution in [0, 0.1) is 37.5 Å². The minimum atomic E-state index is -0.119. The number of aromatic nitrogens is 1. The van der Waals surface area contributed by atoms with E-state index < -0.39 is 0 Å². The second kappa shape index (κ2) is 7.66. The number of aryl methyl sites for hydroxylation is 2. The minimum Gasteiger partial charge on any atom is -0.356 e. The van der Waals surface area contributed by atoms with Crippen molar-refractivity contribution in [3.05, 3.63) is 27.7 Å². The summed E-state index contributed by atoms with van der Waals surface area (Å²) in [7, 11) is 1.72. The molecule has 28 heavy (non-hydrogen) atoms. The Bertz CT molecular complexity index is 816. The Balaban J connectivity index is 1.23. The molecule has 8 heteroatoms. The van der Waals surface area contributed by atoms with Crippen LogP contribution in [0.15, 0.2) is 17.1 Å². The number of amides is 2. The largest absolute Gasteiger partial charge is 0.356 e. The van der Waals surface area contributed by atoms with Crippen LogP contribution in [0.25, 0.3) is 0 Å². The third kappa shape index (κ3) is 3.34. The van der Waals surface area contributed by atoms with Gasteiger partial charge >= 0.3 is 0 Å². The monoisotopic (exact) mass is 401 g/mol. The molecule has 0 aromatic carbocycles. The molecule has 1 saturated carbocycles. The first-order chi connectivity index (χ1) is 13.5. The maximum Gasteiger partial charge on any atom is 0.233 e. The molecule has 2 amide bonds. The second-order valence-electron chi connectivity index (χ2n) is 7.75. The molecule has 3 aliphatic rings. The van der Waals surface area contributed by atoms with E-state index in [1.54, 1.807) is 18.4 Å². The molecule has 2 fully saturated rings. The first kappa shape index (κ1) is 19.1. The van der Waals surface area contributed by atoms with Crippen molar-refractivity contribution in [2.24, 2.45) is 28.7 Å². The maximum absolute atomic E-state index is 12.7. The molecule has 150 valence electrons. The number of hydrogen-bond donors (Lipinski definition) is 2. The van der Waals surface area contributed by atoms with Crippen molar-refractivity contribution in [2.45, 2.75) is 26.7 Å². The Kier molecular flexibility index (Phi) is 5.23. The third-order valence-corrected chi connectivity index (χ3v) is 7.19. The summed E-state index contributed by atoms with van der Waals surface area (Å²) < 4.78 is 0. The van der Waals surface area contributed by atoms with Crippen molar-refractivity contribution in [3.63, 3.8) is 0 Å². The predicted octanol–water partition coefficient (Wildman–Crippen LogP) is 1.27. The number of hydrogen-bond acceptors (Lipinski definition) is 5. The van der Waals surface area contributed by atoms with Crippen molar-refractivity contribution in [1.29, 1.82) is 0 Å². The number of nitrogens with zero attached hydrogens (tertiary/aromatic N) is 3. The molecule has 0 spiro atoms. The Hall–Kier alpha value is -2.22. The lowest BCUT2D eigenvalue weighted by atomic mass is 9.85. The Labute approximate surface area is 169 Å². The highest BCUT2D eigenvalue weighted by Crippen LogP contribution is 2.52. The first-order valence-electron chi connectivity index (χ1n) is 9.90. The molecule has 1 aromatic heterocycles. The van der Waals surface area contributed by atoms with Crippen molar-refractivity contribution >= 4 is 29.1 Å². The summed E-state index contributed by atoms with van der Waals surface area (Å²) in [6, 6.07) is 0. The average Bonchev–Trinajstić information content (AvgIpc) is 3.41. The fourth-order valence-corrected chi connectivity index (χ4v) is 5.73. The Morgan fingerprint density at radius 2 is 1.82 bits per heavy atom. The van der Waals surface area contributed by atoms with Crippen LogP contribution in [-0.2, 0) is 16.0 Å². The zero-order valence-corrected chi connectivity index (χ0v) is 17.4. The van der Waals surface area contributed by atoms with E-state index in [1.807, 2.05) is 13.8 Å². The maximum atomic E-state index is 12.7. The van der Waals surface area contributed by atoms with Crippen LogP contribution < -0.4 is 10.6 Å². The SMILES string of the molecule is CN=C(NCCc1sc(C)nc1C)NCCN1C(=O)C2C3C=CC(C3)C2C1=O. The minimum absolute atomic E-state index is 0.00707. The van der Waals surface area contributed by atoms with Crippen molar-refractivity contribution in [1.82, 2.24) is 20.5 Å². The van der Waals surface area contributed by atoms with E-state index in [4.69, 9.17) is 0 Å². The van der Waals surface area contributed by atoms with Crippen LogP contribution in [0.1, 0.15) is 22.0 Å². The number of nitrogens with one attached hydrogen (secondary N) is 2. The van der Waals surface area contributed by atoms with Gasteiger partial charge in [-0.25, -0.2) is 4.98 Å². The summed E-state index contributed by atoms with van der Waals surface area (Å²) in [5.74, 6) is 0.979. The highest BCUT2D eigenvalue weighted by atomic mass is 32.1. The van der Waals surface area contributed by atoms with E-state index in [9.17, 15) is 9.59 Å². The van der Waals surface area contributed by atoms with Gasteiger partial charge in [-0.3, -0.25) is 19.5 Å². The van der Waals surface area contributed by atoms with Gasteiger partial charge in [0.2, 0.25) is 11.8 Å². The van der Waals surface area contributed by atoms with Gasteiger partial charge in [0.05, 0.1) is 22.5 Å². The van der Waals surface area contributed by atoms with E-state index in [1.165, 1.54) is 9.78 Å². The summed E-state index contributed by atoms with van der Waals surface area (Å²) in [6.45, 7) is 5.69. The molecule has 2 aliphatic carbocycles. The lowest BCUT2D eigenvalue weighted by molar-refractivity contribution is -0.140. The van der Waals surface area contributed by atoms with E-state index in [0.717, 1.165) is 30.1 Å². The summed E-state index contributed by atoms with van der Waals surface area (Å²) in [6.07, 6.45) is 6.10. The van der Waals surface area contributed by atoms with Crippen LogP contribution in [0.5, 0.6) is 0 Å². The summed E-state index contributed by atoms with van der Waals surface area (Å²) in [5.41, 5.74) is 1.09. The fourth-order valence-electron chi connectivity index (χ4n) is 4.79. The topological polar surface area (TPSA) is 86.7 Å². The smallest absolute Gasteiger partial charge is 0.233 e. The van der Waals surface area contributed by atoms with Crippen molar-refractivity contribution in [3.8, 4) is 0 Å². The number of carbonyl (C=O) groups is 2. The van der Waals surface area contributed by atoms with Gasteiger partial charge in [-0.15, -0.1) is 11.3 Å². The first-order valence-corrected chi connectivity index (χ1v) is 10.7. The molecular formula is C20H27N5O2S. The normalized spacial score (nSPS) is 28.4. The van der Waals surface area contributed by atoms with Crippen LogP contribution in [0.3, 0.4) is 0 Å². The Morgan fingerprint density at radius 3 is 2.39 bits per heavy atom. The quantitative estimate of drug-likeness (QED) is 0.325. The van der Waals surface area contributed by atoms with E-state index in [-0.39, 0.29) is 35.5 Å². The lowest BCUT2D eigenvalue weighted by Gasteiger charge is -2.18. The molecular weight excluding hydrogens is 374 g/mol. The molecule has 1 saturated heterocycles. The zero-order chi connectivity index (χ0) is 19.8. The number of rotatable bonds is 6. The molecule has 1 aliphatic heterocycles. The number of aliphatic imine (C=N–C) groups is 1. The van der Waals surface area contributed by atoms with E-state index in [2.05, 4.69) is 32.8 Å². The standard InChI is InChI=1S/C20H27N5O2S/c1-11-15(28-12(2)24-11)6-7-22-20(21-3)23-8-9-25-18(26)16-13-4-5-14(10-13)17(16)19(25)27/h4-5,13-14,16-17H,6-10H2,1-3H3,(H2,21,22,23). The van der Waals surface area contributed by atoms with Crippen LogP contribution in [-0.4, -0.2) is 54.3 Å². The summed E-state index contributed by atoms with van der Waals surface area (Å²) >= 11 is 1.72. The van der Waals surface area contributed by atoms with Crippen LogP contribution in [0.2, 0.25) is 0 Å². The van der Waals surface area contributed by atoms with Gasteiger partial charge in [0.1, 0.15) is 0 Å². The molecule has 2 bridgehead atoms. The van der Waals surface area contributed by atoms with Gasteiger partial charge in [0.25, 0.3) is 0 Å². The van der Waals surface area contributed by atoms with Crippen LogP contribution >= 0.6 is 11.3 Å². The van der Waals surface area contributed by atoms with Crippen LogP contribution in [0.4, 0.5) is 0 Å². The zero-order valence-electron chi connectivity index (χ0n) is 16.6. The average molecular weight is 402 g/mol. The summed E-state index contributed by atoms with van der Waals surface area (Å²) in [5, 5.41) is 7.58. The molecule has 2 N–H and O–H groups in total. The molecule has 4 atom stereocenters. The number of imide groups is 1. The highest BCUT2D eigenvalue weighted by Gasteiger charge is 2.58. The van der Waals surface area contributed by atoms with Gasteiger partial charge in [0, 0.05) is 38.0 Å². The number of fused-ring (bicyclic) bond motifs is 5. The molecule has 1 aromatic rings. The fraction of sp³-hybridized carbons (Fsp3) is 0.600. The molecule has 4 rings (SSSR count). The number of guanidine groups is 1. The van der Waals surface area contributed by atoms with Gasteiger partial charge < -0.3 is 10.6 Å². The van der Waals surface area contributed by atoms with Gasteiger partial charge in [-0.05, 0) is 32.1 Å². The lowest BCUT2D eigenvalue weighted by Crippen LogP contribution is -2.44. The van der Waals surface area contributed by atoms with Crippen molar-refractivity contribution in [2.75, 3.05) is 26.7 Å². The second-order valence-corrected chi connectivity index (χ2v) is 9.03. The summed E-state index contributed by atoms with van der Waals surface area (Å²) in [4.78, 5) is 36.8. The highest BCUT2D eigenvalue weighted by molar-refractivity contribution is 7.11. The number of likely N-dealkylation sites (tertiary alicyclic amines) is 1. The Morgan fingerprint density at radius 1 is 1.18 bits per heavy atom. The van der Waals surface area contributed by atoms with Gasteiger partial charge in [-0.1, -0.05) is 12.2 Å². The van der Waals surface area contributed by atoms with Gasteiger partial charge in [-0.2, -0.15) is 0 Å². The molecule has 0 radical (unpaired) electrons. The molecule has 4 unspecified atom stereocenters. The molecule has 7 nitrogen and oxygen atoms in total. The number of thiazole rings is 1. The van der Waals surface area contributed by atoms with E-state index in [0.29, 0.717) is 19.0 Å². The number of carbonyl (C=O) groups excluding carboxylic acids is 2. The van der Waals surface area contributed by atoms with Crippen molar-refractivity contribution < 1.29 is 9.59 Å². The third-order valence-electron chi connectivity index (χ3n) is 6.06.